The Bertz CT molecular complexity index is 516. The number of aryl methyl sites for hydroxylation is 1. The second-order valence-electron chi connectivity index (χ2n) is 6.43. The van der Waals surface area contributed by atoms with Gasteiger partial charge in [-0.05, 0) is 25.2 Å². The molecule has 0 radical (unpaired) electrons. The van der Waals surface area contributed by atoms with E-state index >= 15 is 0 Å². The first-order valence-electron chi connectivity index (χ1n) is 7.91. The molecule has 2 heterocycles. The SMILES string of the molecule is CCCCc1nc(CN2C[C@@H]3CCC[C@@]3(C(=O)O)C2)no1. The van der Waals surface area contributed by atoms with Crippen molar-refractivity contribution in [2.75, 3.05) is 13.1 Å². The topological polar surface area (TPSA) is 79.5 Å². The molecule has 1 N–H and O–H groups in total. The standard InChI is InChI=1S/C15H23N3O3/c1-2-3-6-13-16-12(17-21-13)9-18-8-11-5-4-7-15(11,10-18)14(19)20/h11H,2-10H2,1H3,(H,19,20)/t11-,15+/m0/s1. The third kappa shape index (κ3) is 2.69. The van der Waals surface area contributed by atoms with Gasteiger partial charge in [-0.3, -0.25) is 9.69 Å². The van der Waals surface area contributed by atoms with Crippen LogP contribution >= 0.6 is 0 Å². The predicted octanol–water partition coefficient (Wildman–Crippen LogP) is 2.10. The fraction of sp³-hybridized carbons (Fsp3) is 0.800. The quantitative estimate of drug-likeness (QED) is 0.865. The van der Waals surface area contributed by atoms with E-state index in [9.17, 15) is 9.90 Å². The van der Waals surface area contributed by atoms with Gasteiger partial charge in [0.2, 0.25) is 5.89 Å². The molecule has 21 heavy (non-hydrogen) atoms. The van der Waals surface area contributed by atoms with E-state index < -0.39 is 11.4 Å². The van der Waals surface area contributed by atoms with Crippen LogP contribution in [-0.2, 0) is 17.8 Å². The first-order valence-corrected chi connectivity index (χ1v) is 7.91. The van der Waals surface area contributed by atoms with Crippen molar-refractivity contribution in [3.63, 3.8) is 0 Å². The average Bonchev–Trinajstić information content (AvgIpc) is 3.10. The number of aromatic nitrogens is 2. The highest BCUT2D eigenvalue weighted by atomic mass is 16.5. The molecule has 0 aromatic carbocycles. The molecular weight excluding hydrogens is 270 g/mol. The molecule has 2 fully saturated rings. The van der Waals surface area contributed by atoms with Crippen LogP contribution < -0.4 is 0 Å². The van der Waals surface area contributed by atoms with Crippen LogP contribution in [0.5, 0.6) is 0 Å². The minimum atomic E-state index is -0.635. The molecule has 1 aromatic heterocycles. The number of nitrogens with zero attached hydrogens (tertiary/aromatic N) is 3. The number of carboxylic acid groups (broad SMARTS) is 1. The van der Waals surface area contributed by atoms with Crippen LogP contribution in [-0.4, -0.2) is 39.2 Å². The Labute approximate surface area is 124 Å². The number of aliphatic carboxylic acids is 1. The van der Waals surface area contributed by atoms with Gasteiger partial charge in [0.15, 0.2) is 5.82 Å². The maximum absolute atomic E-state index is 11.6. The molecule has 116 valence electrons. The van der Waals surface area contributed by atoms with E-state index in [4.69, 9.17) is 4.52 Å². The van der Waals surface area contributed by atoms with E-state index in [2.05, 4.69) is 22.0 Å². The lowest BCUT2D eigenvalue weighted by Crippen LogP contribution is -2.35. The number of fused-ring (bicyclic) bond motifs is 1. The lowest BCUT2D eigenvalue weighted by Gasteiger charge is -2.23. The summed E-state index contributed by atoms with van der Waals surface area (Å²) in [7, 11) is 0. The van der Waals surface area contributed by atoms with Crippen LogP contribution in [0, 0.1) is 11.3 Å². The fourth-order valence-corrected chi connectivity index (χ4v) is 3.85. The van der Waals surface area contributed by atoms with Gasteiger partial charge in [0.05, 0.1) is 12.0 Å². The third-order valence-electron chi connectivity index (χ3n) is 4.99. The zero-order valence-electron chi connectivity index (χ0n) is 12.5. The van der Waals surface area contributed by atoms with Gasteiger partial charge in [-0.15, -0.1) is 0 Å². The summed E-state index contributed by atoms with van der Waals surface area (Å²) in [4.78, 5) is 18.2. The molecule has 1 saturated carbocycles. The van der Waals surface area contributed by atoms with E-state index in [1.807, 2.05) is 0 Å². The third-order valence-corrected chi connectivity index (χ3v) is 4.99. The van der Waals surface area contributed by atoms with Crippen molar-refractivity contribution in [2.45, 2.75) is 52.0 Å². The molecule has 3 rings (SSSR count). The van der Waals surface area contributed by atoms with Crippen LogP contribution in [0.1, 0.15) is 50.7 Å². The Balaban J connectivity index is 1.62. The van der Waals surface area contributed by atoms with E-state index in [1.54, 1.807) is 0 Å². The molecule has 1 aliphatic heterocycles. The second kappa shape index (κ2) is 5.75. The lowest BCUT2D eigenvalue weighted by atomic mass is 9.81. The summed E-state index contributed by atoms with van der Waals surface area (Å²) in [5.41, 5.74) is -0.533. The monoisotopic (exact) mass is 293 g/mol. The van der Waals surface area contributed by atoms with Crippen LogP contribution in [0.15, 0.2) is 4.52 Å². The molecular formula is C15H23N3O3. The van der Waals surface area contributed by atoms with E-state index in [0.717, 1.165) is 45.1 Å². The predicted molar refractivity (Wildman–Crippen MR) is 75.6 cm³/mol. The van der Waals surface area contributed by atoms with Crippen molar-refractivity contribution in [2.24, 2.45) is 11.3 Å². The maximum Gasteiger partial charge on any atom is 0.311 e. The van der Waals surface area contributed by atoms with Gasteiger partial charge in [0.1, 0.15) is 0 Å². The van der Waals surface area contributed by atoms with Crippen molar-refractivity contribution in [1.29, 1.82) is 0 Å². The highest BCUT2D eigenvalue weighted by molar-refractivity contribution is 5.76. The van der Waals surface area contributed by atoms with Gasteiger partial charge in [0.25, 0.3) is 0 Å². The molecule has 2 aliphatic rings. The first-order chi connectivity index (χ1) is 10.1. The molecule has 2 atom stereocenters. The summed E-state index contributed by atoms with van der Waals surface area (Å²) in [5.74, 6) is 1.02. The van der Waals surface area contributed by atoms with E-state index in [-0.39, 0.29) is 5.92 Å². The largest absolute Gasteiger partial charge is 0.481 e. The number of likely N-dealkylation sites (tertiary alicyclic amines) is 1. The zero-order valence-corrected chi connectivity index (χ0v) is 12.5. The van der Waals surface area contributed by atoms with Gasteiger partial charge in [-0.25, -0.2) is 0 Å². The van der Waals surface area contributed by atoms with E-state index in [1.165, 1.54) is 0 Å². The summed E-state index contributed by atoms with van der Waals surface area (Å²) in [5, 5.41) is 13.6. The molecule has 6 nitrogen and oxygen atoms in total. The van der Waals surface area contributed by atoms with Crippen LogP contribution in [0.3, 0.4) is 0 Å². The van der Waals surface area contributed by atoms with Crippen molar-refractivity contribution in [3.05, 3.63) is 11.7 Å². The number of hydrogen-bond acceptors (Lipinski definition) is 5. The molecule has 0 unspecified atom stereocenters. The number of hydrogen-bond donors (Lipinski definition) is 1. The highest BCUT2D eigenvalue weighted by Gasteiger charge is 2.54. The fourth-order valence-electron chi connectivity index (χ4n) is 3.85. The molecule has 6 heteroatoms. The molecule has 1 aromatic rings. The summed E-state index contributed by atoms with van der Waals surface area (Å²) >= 11 is 0. The normalized spacial score (nSPS) is 28.9. The number of carboxylic acids is 1. The van der Waals surface area contributed by atoms with Gasteiger partial charge in [-0.2, -0.15) is 4.98 Å². The Morgan fingerprint density at radius 2 is 2.43 bits per heavy atom. The molecule has 0 amide bonds. The lowest BCUT2D eigenvalue weighted by molar-refractivity contribution is -0.149. The Hall–Kier alpha value is -1.43. The molecule has 0 bridgehead atoms. The average molecular weight is 293 g/mol. The van der Waals surface area contributed by atoms with Crippen molar-refractivity contribution < 1.29 is 14.4 Å². The van der Waals surface area contributed by atoms with E-state index in [0.29, 0.717) is 24.8 Å². The number of unbranched alkanes of at least 4 members (excludes halogenated alkanes) is 1. The van der Waals surface area contributed by atoms with Gasteiger partial charge < -0.3 is 9.63 Å². The molecule has 1 saturated heterocycles. The molecule has 1 aliphatic carbocycles. The van der Waals surface area contributed by atoms with Crippen LogP contribution in [0.25, 0.3) is 0 Å². The summed E-state index contributed by atoms with van der Waals surface area (Å²) in [6, 6.07) is 0. The van der Waals surface area contributed by atoms with Gasteiger partial charge >= 0.3 is 5.97 Å². The smallest absolute Gasteiger partial charge is 0.311 e. The van der Waals surface area contributed by atoms with Crippen molar-refractivity contribution in [1.82, 2.24) is 15.0 Å². The van der Waals surface area contributed by atoms with Crippen molar-refractivity contribution in [3.8, 4) is 0 Å². The number of carbonyl (C=O) groups is 1. The van der Waals surface area contributed by atoms with Crippen molar-refractivity contribution >= 4 is 5.97 Å². The number of rotatable bonds is 6. The summed E-state index contributed by atoms with van der Waals surface area (Å²) in [6.45, 7) is 4.18. The van der Waals surface area contributed by atoms with Crippen LogP contribution in [0.2, 0.25) is 0 Å². The minimum Gasteiger partial charge on any atom is -0.481 e. The Morgan fingerprint density at radius 1 is 1.57 bits per heavy atom. The summed E-state index contributed by atoms with van der Waals surface area (Å²) < 4.78 is 5.24. The summed E-state index contributed by atoms with van der Waals surface area (Å²) in [6.07, 6.45) is 5.84. The highest BCUT2D eigenvalue weighted by Crippen LogP contribution is 2.49. The zero-order chi connectivity index (χ0) is 14.9. The first kappa shape index (κ1) is 14.5. The van der Waals surface area contributed by atoms with Crippen LogP contribution in [0.4, 0.5) is 0 Å². The maximum atomic E-state index is 11.6. The molecule has 0 spiro atoms. The Morgan fingerprint density at radius 3 is 3.14 bits per heavy atom. The Kier molecular flexibility index (Phi) is 3.97. The minimum absolute atomic E-state index is 0.279. The second-order valence-corrected chi connectivity index (χ2v) is 6.43. The van der Waals surface area contributed by atoms with Gasteiger partial charge in [0, 0.05) is 19.5 Å². The van der Waals surface area contributed by atoms with Gasteiger partial charge in [-0.1, -0.05) is 24.9 Å².